The molecule has 0 aliphatic heterocycles. The molecule has 14 heavy (non-hydrogen) atoms. The molecule has 0 spiro atoms. The molecule has 68 valence electrons. The molecule has 0 N–H and O–H groups in total. The van der Waals surface area contributed by atoms with Crippen molar-refractivity contribution < 1.29 is 0 Å². The Bertz CT molecular complexity index is 556. The molecule has 3 rings (SSSR count). The van der Waals surface area contributed by atoms with E-state index in [4.69, 9.17) is 0 Å². The zero-order chi connectivity index (χ0) is 9.38. The molecule has 0 radical (unpaired) electrons. The lowest BCUT2D eigenvalue weighted by Crippen LogP contribution is -1.94. The zero-order valence-corrected chi connectivity index (χ0v) is 7.85. The predicted molar refractivity (Wildman–Crippen MR) is 51.9 cm³/mol. The molecule has 0 aliphatic rings. The van der Waals surface area contributed by atoms with E-state index in [0.717, 1.165) is 11.3 Å². The van der Waals surface area contributed by atoms with Crippen molar-refractivity contribution in [2.24, 2.45) is 0 Å². The highest BCUT2D eigenvalue weighted by Gasteiger charge is 2.03. The molecule has 3 aromatic heterocycles. The van der Waals surface area contributed by atoms with E-state index in [0.29, 0.717) is 5.78 Å². The highest BCUT2D eigenvalue weighted by Crippen LogP contribution is 2.18. The molecule has 0 amide bonds. The van der Waals surface area contributed by atoms with E-state index in [1.165, 1.54) is 10.8 Å². The number of nitrogens with zero attached hydrogens (tertiary/aromatic N) is 5. The number of rotatable bonds is 1. The van der Waals surface area contributed by atoms with E-state index in [9.17, 15) is 0 Å². The maximum absolute atomic E-state index is 4.31. The van der Waals surface area contributed by atoms with Crippen LogP contribution in [0.5, 0.6) is 0 Å². The summed E-state index contributed by atoms with van der Waals surface area (Å²) in [7, 11) is 0. The molecule has 3 aromatic rings. The van der Waals surface area contributed by atoms with Crippen LogP contribution in [0.25, 0.3) is 17.0 Å². The van der Waals surface area contributed by atoms with Gasteiger partial charge in [-0.15, -0.1) is 10.2 Å². The van der Waals surface area contributed by atoms with Crippen LogP contribution in [0, 0.1) is 0 Å². The molecule has 0 bridgehead atoms. The molecule has 6 heteroatoms. The maximum Gasteiger partial charge on any atom is 0.272 e. The molecule has 0 unspecified atom stereocenters. The van der Waals surface area contributed by atoms with Crippen LogP contribution in [-0.4, -0.2) is 24.8 Å². The monoisotopic (exact) mass is 203 g/mol. The number of hydrogen-bond donors (Lipinski definition) is 0. The van der Waals surface area contributed by atoms with Gasteiger partial charge in [0.2, 0.25) is 0 Å². The van der Waals surface area contributed by atoms with E-state index < -0.39 is 0 Å². The first-order chi connectivity index (χ1) is 6.93. The van der Waals surface area contributed by atoms with Gasteiger partial charge in [0.1, 0.15) is 6.33 Å². The largest absolute Gasteiger partial charge is 0.272 e. The maximum atomic E-state index is 4.31. The third-order valence-corrected chi connectivity index (χ3v) is 2.54. The summed E-state index contributed by atoms with van der Waals surface area (Å²) in [6, 6.07) is 2.00. The van der Waals surface area contributed by atoms with E-state index in [2.05, 4.69) is 20.3 Å². The second-order valence-electron chi connectivity index (χ2n) is 2.73. The Hall–Kier alpha value is -1.82. The predicted octanol–water partition coefficient (Wildman–Crippen LogP) is 1.25. The highest BCUT2D eigenvalue weighted by molar-refractivity contribution is 7.08. The minimum Gasteiger partial charge on any atom is -0.208 e. The number of aromatic nitrogens is 5. The Morgan fingerprint density at radius 1 is 1.36 bits per heavy atom. The Balaban J connectivity index is 2.23. The van der Waals surface area contributed by atoms with Gasteiger partial charge in [0, 0.05) is 10.9 Å². The number of fused-ring (bicyclic) bond motifs is 1. The first-order valence-electron chi connectivity index (χ1n) is 3.99. The van der Waals surface area contributed by atoms with Gasteiger partial charge in [-0.25, -0.2) is 4.98 Å². The van der Waals surface area contributed by atoms with Gasteiger partial charge in [-0.1, -0.05) is 0 Å². The lowest BCUT2D eigenvalue weighted by molar-refractivity contribution is 0.901. The normalized spacial score (nSPS) is 10.9. The van der Waals surface area contributed by atoms with Gasteiger partial charge in [-0.05, 0) is 11.4 Å². The van der Waals surface area contributed by atoms with Crippen LogP contribution in [0.15, 0.2) is 29.4 Å². The number of thiophene rings is 1. The van der Waals surface area contributed by atoms with Crippen LogP contribution in [0.3, 0.4) is 0 Å². The topological polar surface area (TPSA) is 56.0 Å². The molecule has 5 nitrogen and oxygen atoms in total. The van der Waals surface area contributed by atoms with Gasteiger partial charge in [-0.2, -0.15) is 21.0 Å². The Morgan fingerprint density at radius 2 is 2.36 bits per heavy atom. The quantitative estimate of drug-likeness (QED) is 0.597. The van der Waals surface area contributed by atoms with Crippen molar-refractivity contribution >= 4 is 17.1 Å². The molecular weight excluding hydrogens is 198 g/mol. The first-order valence-corrected chi connectivity index (χ1v) is 4.93. The van der Waals surface area contributed by atoms with Gasteiger partial charge in [-0.3, -0.25) is 0 Å². The molecular formula is C8H5N5S. The third kappa shape index (κ3) is 1.08. The molecule has 0 fully saturated rings. The molecule has 0 saturated carbocycles. The Labute approximate surface area is 83.1 Å². The summed E-state index contributed by atoms with van der Waals surface area (Å²) in [6.45, 7) is 0. The van der Waals surface area contributed by atoms with Crippen molar-refractivity contribution in [2.75, 3.05) is 0 Å². The fourth-order valence-corrected chi connectivity index (χ4v) is 1.83. The molecule has 0 aromatic carbocycles. The van der Waals surface area contributed by atoms with Crippen molar-refractivity contribution in [1.82, 2.24) is 24.8 Å². The van der Waals surface area contributed by atoms with Crippen LogP contribution in [0.1, 0.15) is 0 Å². The van der Waals surface area contributed by atoms with Crippen molar-refractivity contribution in [1.29, 1.82) is 0 Å². The van der Waals surface area contributed by atoms with Crippen molar-refractivity contribution in [3.63, 3.8) is 0 Å². The fourth-order valence-electron chi connectivity index (χ4n) is 1.18. The Morgan fingerprint density at radius 3 is 3.21 bits per heavy atom. The van der Waals surface area contributed by atoms with E-state index in [1.54, 1.807) is 17.5 Å². The van der Waals surface area contributed by atoms with E-state index in [-0.39, 0.29) is 0 Å². The van der Waals surface area contributed by atoms with Crippen LogP contribution >= 0.6 is 11.3 Å². The average Bonchev–Trinajstić information content (AvgIpc) is 2.88. The fraction of sp³-hybridized carbons (Fsp3) is 0. The second kappa shape index (κ2) is 2.85. The van der Waals surface area contributed by atoms with Crippen LogP contribution in [0.2, 0.25) is 0 Å². The zero-order valence-electron chi connectivity index (χ0n) is 7.03. The number of hydrogen-bond acceptors (Lipinski definition) is 5. The Kier molecular flexibility index (Phi) is 1.54. The SMILES string of the molecule is c1cc(-c2cnn3cnnc3n2)cs1. The van der Waals surface area contributed by atoms with Crippen LogP contribution in [0.4, 0.5) is 0 Å². The average molecular weight is 203 g/mol. The van der Waals surface area contributed by atoms with Gasteiger partial charge in [0.25, 0.3) is 5.78 Å². The van der Waals surface area contributed by atoms with Gasteiger partial charge in [0.05, 0.1) is 11.9 Å². The summed E-state index contributed by atoms with van der Waals surface area (Å²) in [4.78, 5) is 4.31. The summed E-state index contributed by atoms with van der Waals surface area (Å²) < 4.78 is 1.54. The van der Waals surface area contributed by atoms with Crippen LogP contribution < -0.4 is 0 Å². The van der Waals surface area contributed by atoms with Crippen molar-refractivity contribution in [2.45, 2.75) is 0 Å². The standard InChI is InChI=1S/C8H5N5S/c1-2-14-4-6(1)7-3-10-13-5-9-12-8(13)11-7/h1-5H. The molecule has 0 aliphatic carbocycles. The smallest absolute Gasteiger partial charge is 0.208 e. The highest BCUT2D eigenvalue weighted by atomic mass is 32.1. The van der Waals surface area contributed by atoms with Gasteiger partial charge in [0.15, 0.2) is 0 Å². The molecule has 0 atom stereocenters. The van der Waals surface area contributed by atoms with Crippen molar-refractivity contribution in [3.05, 3.63) is 29.4 Å². The lowest BCUT2D eigenvalue weighted by Gasteiger charge is -1.95. The lowest BCUT2D eigenvalue weighted by atomic mass is 10.3. The second-order valence-corrected chi connectivity index (χ2v) is 3.51. The van der Waals surface area contributed by atoms with Crippen molar-refractivity contribution in [3.8, 4) is 11.3 Å². The van der Waals surface area contributed by atoms with E-state index in [1.807, 2.05) is 16.8 Å². The summed E-state index contributed by atoms with van der Waals surface area (Å²) in [5, 5.41) is 15.7. The minimum atomic E-state index is 0.522. The summed E-state index contributed by atoms with van der Waals surface area (Å²) in [6.07, 6.45) is 3.23. The minimum absolute atomic E-state index is 0.522. The third-order valence-electron chi connectivity index (χ3n) is 1.85. The van der Waals surface area contributed by atoms with Gasteiger partial charge >= 0.3 is 0 Å². The summed E-state index contributed by atoms with van der Waals surface area (Å²) >= 11 is 1.63. The van der Waals surface area contributed by atoms with E-state index >= 15 is 0 Å². The summed E-state index contributed by atoms with van der Waals surface area (Å²) in [5.74, 6) is 0.522. The first kappa shape index (κ1) is 7.57. The van der Waals surface area contributed by atoms with Gasteiger partial charge < -0.3 is 0 Å². The molecule has 3 heterocycles. The summed E-state index contributed by atoms with van der Waals surface area (Å²) in [5.41, 5.74) is 1.89. The van der Waals surface area contributed by atoms with Crippen LogP contribution in [-0.2, 0) is 0 Å². The molecule has 0 saturated heterocycles.